The van der Waals surface area contributed by atoms with Crippen molar-refractivity contribution >= 4 is 22.3 Å². The van der Waals surface area contributed by atoms with Gasteiger partial charge in [0.2, 0.25) is 0 Å². The number of carbonyl (C=O) groups excluding carboxylic acids is 1. The highest BCUT2D eigenvalue weighted by Gasteiger charge is 2.23. The quantitative estimate of drug-likeness (QED) is 0.811. The molecule has 0 spiro atoms. The normalized spacial score (nSPS) is 17.8. The molecular weight excluding hydrogens is 220 g/mol. The molecule has 2 heterocycles. The summed E-state index contributed by atoms with van der Waals surface area (Å²) in [5.74, 6) is 0.620. The highest BCUT2D eigenvalue weighted by Crippen LogP contribution is 2.26. The molecule has 1 aliphatic heterocycles. The van der Waals surface area contributed by atoms with Crippen molar-refractivity contribution in [2.24, 2.45) is 5.92 Å². The number of thiazole rings is 1. The summed E-state index contributed by atoms with van der Waals surface area (Å²) in [7, 11) is 0. The minimum absolute atomic E-state index is 0.279. The Hall–Kier alpha value is -0.900. The molecule has 3 nitrogen and oxygen atoms in total. The van der Waals surface area contributed by atoms with E-state index in [0.717, 1.165) is 37.5 Å². The third kappa shape index (κ3) is 2.43. The first-order chi connectivity index (χ1) is 7.70. The maximum absolute atomic E-state index is 11.3. The van der Waals surface area contributed by atoms with Gasteiger partial charge < -0.3 is 4.90 Å². The molecule has 0 aliphatic carbocycles. The van der Waals surface area contributed by atoms with Crippen LogP contribution in [0.25, 0.3) is 0 Å². The molecule has 4 heteroatoms. The molecule has 0 atom stereocenters. The minimum atomic E-state index is 0.279. The van der Waals surface area contributed by atoms with Gasteiger partial charge in [-0.15, -0.1) is 11.3 Å². The largest absolute Gasteiger partial charge is 0.348 e. The van der Waals surface area contributed by atoms with Gasteiger partial charge in [-0.3, -0.25) is 4.79 Å². The summed E-state index contributed by atoms with van der Waals surface area (Å²) >= 11 is 1.72. The lowest BCUT2D eigenvalue weighted by atomic mass is 9.94. The van der Waals surface area contributed by atoms with Gasteiger partial charge in [0.1, 0.15) is 5.78 Å². The maximum Gasteiger partial charge on any atom is 0.185 e. The summed E-state index contributed by atoms with van der Waals surface area (Å²) in [6.07, 6.45) is 2.97. The molecule has 0 saturated carbocycles. The van der Waals surface area contributed by atoms with Crippen LogP contribution in [0.3, 0.4) is 0 Å². The van der Waals surface area contributed by atoms with Crippen LogP contribution < -0.4 is 4.90 Å². The van der Waals surface area contributed by atoms with Crippen LogP contribution >= 0.6 is 11.3 Å². The van der Waals surface area contributed by atoms with E-state index in [0.29, 0.717) is 5.78 Å². The summed E-state index contributed by atoms with van der Waals surface area (Å²) in [6, 6.07) is 0. The first-order valence-corrected chi connectivity index (χ1v) is 6.78. The smallest absolute Gasteiger partial charge is 0.185 e. The lowest BCUT2D eigenvalue weighted by Crippen LogP contribution is -2.35. The van der Waals surface area contributed by atoms with Crippen LogP contribution in [0.4, 0.5) is 5.13 Å². The summed E-state index contributed by atoms with van der Waals surface area (Å²) in [6.45, 7) is 5.78. The van der Waals surface area contributed by atoms with E-state index in [9.17, 15) is 4.79 Å². The van der Waals surface area contributed by atoms with Crippen molar-refractivity contribution in [2.75, 3.05) is 18.0 Å². The fraction of sp³-hybridized carbons (Fsp3) is 0.667. The average molecular weight is 238 g/mol. The predicted octanol–water partition coefficient (Wildman–Crippen LogP) is 2.51. The number of rotatable bonds is 3. The number of anilines is 1. The molecule has 0 amide bonds. The van der Waals surface area contributed by atoms with Crippen molar-refractivity contribution in [3.05, 3.63) is 11.1 Å². The Morgan fingerprint density at radius 2 is 2.25 bits per heavy atom. The van der Waals surface area contributed by atoms with Gasteiger partial charge in [-0.2, -0.15) is 0 Å². The zero-order valence-electron chi connectivity index (χ0n) is 9.90. The van der Waals surface area contributed by atoms with E-state index in [1.54, 1.807) is 18.3 Å². The second-order valence-electron chi connectivity index (χ2n) is 4.35. The average Bonchev–Trinajstić information content (AvgIpc) is 2.77. The van der Waals surface area contributed by atoms with E-state index in [-0.39, 0.29) is 5.92 Å². The number of hydrogen-bond donors (Lipinski definition) is 0. The molecule has 2 rings (SSSR count). The molecule has 0 bridgehead atoms. The van der Waals surface area contributed by atoms with E-state index >= 15 is 0 Å². The van der Waals surface area contributed by atoms with Crippen LogP contribution in [0.2, 0.25) is 0 Å². The highest BCUT2D eigenvalue weighted by atomic mass is 32.1. The van der Waals surface area contributed by atoms with E-state index in [1.165, 1.54) is 5.69 Å². The number of ketones is 1. The van der Waals surface area contributed by atoms with Gasteiger partial charge in [0.25, 0.3) is 0 Å². The van der Waals surface area contributed by atoms with Gasteiger partial charge in [-0.1, -0.05) is 6.92 Å². The second-order valence-corrected chi connectivity index (χ2v) is 5.18. The van der Waals surface area contributed by atoms with Crippen molar-refractivity contribution in [1.82, 2.24) is 4.98 Å². The number of carbonyl (C=O) groups is 1. The second kappa shape index (κ2) is 4.95. The van der Waals surface area contributed by atoms with E-state index < -0.39 is 0 Å². The van der Waals surface area contributed by atoms with Crippen molar-refractivity contribution < 1.29 is 4.79 Å². The Morgan fingerprint density at radius 1 is 1.56 bits per heavy atom. The molecule has 88 valence electrons. The van der Waals surface area contributed by atoms with Crippen LogP contribution in [0, 0.1) is 5.92 Å². The number of aromatic nitrogens is 1. The van der Waals surface area contributed by atoms with Crippen molar-refractivity contribution in [2.45, 2.75) is 33.1 Å². The molecule has 0 radical (unpaired) electrons. The first-order valence-electron chi connectivity index (χ1n) is 5.90. The molecule has 0 N–H and O–H groups in total. The van der Waals surface area contributed by atoms with E-state index in [4.69, 9.17) is 0 Å². The van der Waals surface area contributed by atoms with Crippen LogP contribution in [-0.2, 0) is 11.2 Å². The van der Waals surface area contributed by atoms with Crippen LogP contribution in [0.5, 0.6) is 0 Å². The fourth-order valence-corrected chi connectivity index (χ4v) is 3.04. The molecule has 0 unspecified atom stereocenters. The molecule has 0 aromatic carbocycles. The summed E-state index contributed by atoms with van der Waals surface area (Å²) in [5.41, 5.74) is 1.17. The predicted molar refractivity (Wildman–Crippen MR) is 67.1 cm³/mol. The van der Waals surface area contributed by atoms with Gasteiger partial charge in [-0.25, -0.2) is 4.98 Å². The molecule has 1 aliphatic rings. The maximum atomic E-state index is 11.3. The first kappa shape index (κ1) is 11.6. The van der Waals surface area contributed by atoms with Crippen molar-refractivity contribution in [3.8, 4) is 0 Å². The molecule has 1 saturated heterocycles. The Morgan fingerprint density at radius 3 is 2.75 bits per heavy atom. The van der Waals surface area contributed by atoms with Gasteiger partial charge in [0.15, 0.2) is 5.13 Å². The number of aryl methyl sites for hydroxylation is 1. The summed E-state index contributed by atoms with van der Waals surface area (Å²) in [5, 5.41) is 3.26. The summed E-state index contributed by atoms with van der Waals surface area (Å²) < 4.78 is 0. The Kier molecular flexibility index (Phi) is 3.59. The van der Waals surface area contributed by atoms with Crippen LogP contribution in [-0.4, -0.2) is 23.9 Å². The zero-order valence-corrected chi connectivity index (χ0v) is 10.7. The third-order valence-corrected chi connectivity index (χ3v) is 4.19. The van der Waals surface area contributed by atoms with Gasteiger partial charge in [0, 0.05) is 24.4 Å². The number of nitrogens with zero attached hydrogens (tertiary/aromatic N) is 2. The van der Waals surface area contributed by atoms with E-state index in [2.05, 4.69) is 22.2 Å². The van der Waals surface area contributed by atoms with Gasteiger partial charge in [0.05, 0.1) is 5.69 Å². The Bertz CT molecular complexity index is 367. The van der Waals surface area contributed by atoms with Gasteiger partial charge >= 0.3 is 0 Å². The van der Waals surface area contributed by atoms with Crippen molar-refractivity contribution in [3.63, 3.8) is 0 Å². The Balaban J connectivity index is 1.96. The minimum Gasteiger partial charge on any atom is -0.348 e. The third-order valence-electron chi connectivity index (χ3n) is 3.24. The molecule has 1 aromatic heterocycles. The number of hydrogen-bond acceptors (Lipinski definition) is 4. The highest BCUT2D eigenvalue weighted by molar-refractivity contribution is 7.13. The number of Topliss-reactive ketones (excluding diaryl/α,β-unsaturated/α-hetero) is 1. The lowest BCUT2D eigenvalue weighted by Gasteiger charge is -2.30. The van der Waals surface area contributed by atoms with Crippen molar-refractivity contribution in [1.29, 1.82) is 0 Å². The fourth-order valence-electron chi connectivity index (χ4n) is 2.08. The Labute approximate surface area is 100 Å². The van der Waals surface area contributed by atoms with Crippen LogP contribution in [0.15, 0.2) is 5.38 Å². The number of piperidine rings is 1. The topological polar surface area (TPSA) is 33.2 Å². The standard InChI is InChI=1S/C12H18N2OS/c1-3-11-8-16-12(13-11)14-6-4-10(5-7-14)9(2)15/h8,10H,3-7H2,1-2H3. The van der Waals surface area contributed by atoms with E-state index in [1.807, 2.05) is 0 Å². The zero-order chi connectivity index (χ0) is 11.5. The molecule has 1 fully saturated rings. The molecule has 1 aromatic rings. The monoisotopic (exact) mass is 238 g/mol. The SMILES string of the molecule is CCc1csc(N2CCC(C(C)=O)CC2)n1. The van der Waals surface area contributed by atoms with Gasteiger partial charge in [-0.05, 0) is 26.2 Å². The molecular formula is C12H18N2OS. The lowest BCUT2D eigenvalue weighted by molar-refractivity contribution is -0.121. The van der Waals surface area contributed by atoms with Crippen LogP contribution in [0.1, 0.15) is 32.4 Å². The summed E-state index contributed by atoms with van der Waals surface area (Å²) in [4.78, 5) is 18.2. The molecule has 16 heavy (non-hydrogen) atoms.